The van der Waals surface area contributed by atoms with E-state index in [0.29, 0.717) is 47.9 Å². The summed E-state index contributed by atoms with van der Waals surface area (Å²) in [5, 5.41) is 0.00136. The highest BCUT2D eigenvalue weighted by Gasteiger charge is 2.61. The number of hydrogen-bond donors (Lipinski definition) is 1. The van der Waals surface area contributed by atoms with Crippen molar-refractivity contribution in [1.29, 1.82) is 0 Å². The number of hydrogen-bond acceptors (Lipinski definition) is 11. The predicted molar refractivity (Wildman–Crippen MR) is 221 cm³/mol. The average molecular weight is 891 g/mol. The number of nitrogens with zero attached hydrogens (tertiary/aromatic N) is 5. The number of nitrogens with one attached hydrogen (secondary N) is 1. The average Bonchev–Trinajstić information content (AvgIpc) is 4.14. The number of furan rings is 1. The number of amides is 2. The number of benzene rings is 2. The third-order valence-electron chi connectivity index (χ3n) is 12.4. The molecule has 0 unspecified atom stereocenters. The molecule has 2 aliphatic heterocycles. The lowest BCUT2D eigenvalue weighted by Crippen LogP contribution is -2.46. The summed E-state index contributed by atoms with van der Waals surface area (Å²) < 4.78 is 81.4. The van der Waals surface area contributed by atoms with Gasteiger partial charge in [0.1, 0.15) is 17.2 Å². The highest BCUT2D eigenvalue weighted by atomic mass is 35.5. The van der Waals surface area contributed by atoms with Crippen LogP contribution < -0.4 is 9.46 Å². The number of Topliss-reactive ketones (excluding diaryl/α,β-unsaturated/α-hetero) is 1. The van der Waals surface area contributed by atoms with E-state index in [0.717, 1.165) is 31.4 Å². The fourth-order valence-electron chi connectivity index (χ4n) is 8.80. The van der Waals surface area contributed by atoms with Crippen molar-refractivity contribution in [1.82, 2.24) is 29.6 Å². The van der Waals surface area contributed by atoms with Gasteiger partial charge in [0.15, 0.2) is 11.6 Å². The number of ether oxygens (including phenoxy) is 1. The fraction of sp³-hybridized carbons (Fsp3) is 0.432. The van der Waals surface area contributed by atoms with Crippen molar-refractivity contribution in [3.63, 3.8) is 0 Å². The monoisotopic (exact) mass is 890 g/mol. The van der Waals surface area contributed by atoms with Gasteiger partial charge in [0, 0.05) is 48.0 Å². The van der Waals surface area contributed by atoms with Gasteiger partial charge in [-0.1, -0.05) is 49.3 Å². The van der Waals surface area contributed by atoms with Gasteiger partial charge in [-0.05, 0) is 86.4 Å². The van der Waals surface area contributed by atoms with Gasteiger partial charge in [0.25, 0.3) is 5.88 Å². The number of carbonyl (C=O) groups is 3. The Bertz CT molecular complexity index is 2710. The van der Waals surface area contributed by atoms with Crippen molar-refractivity contribution in [3.05, 3.63) is 89.5 Å². The quantitative estimate of drug-likeness (QED) is 0.119. The Morgan fingerprint density at radius 3 is 2.55 bits per heavy atom. The van der Waals surface area contributed by atoms with E-state index < -0.39 is 62.2 Å². The minimum absolute atomic E-state index is 0.00343. The molecule has 13 nitrogen and oxygen atoms in total. The Kier molecular flexibility index (Phi) is 11.1. The van der Waals surface area contributed by atoms with Crippen molar-refractivity contribution in [2.24, 2.45) is 17.3 Å². The maximum Gasteiger partial charge on any atom is 0.416 e. The zero-order valence-corrected chi connectivity index (χ0v) is 34.9. The fourth-order valence-corrected chi connectivity index (χ4v) is 10.3. The van der Waals surface area contributed by atoms with Crippen molar-refractivity contribution in [2.45, 2.75) is 94.2 Å². The minimum Gasteiger partial charge on any atom is -0.470 e. The lowest BCUT2D eigenvalue weighted by atomic mass is 9.90. The van der Waals surface area contributed by atoms with E-state index in [-0.39, 0.29) is 72.2 Å². The normalized spacial score (nSPS) is 25.5. The second-order valence-electron chi connectivity index (χ2n) is 16.8. The van der Waals surface area contributed by atoms with E-state index in [1.165, 1.54) is 23.2 Å². The first-order chi connectivity index (χ1) is 29.7. The van der Waals surface area contributed by atoms with Crippen LogP contribution in [0.3, 0.4) is 0 Å². The Hall–Kier alpha value is -5.42. The molecule has 0 bridgehead atoms. The number of para-hydroxylation sites is 1. The summed E-state index contributed by atoms with van der Waals surface area (Å²) in [6.45, 7) is -0.0593. The van der Waals surface area contributed by atoms with Crippen LogP contribution in [0.5, 0.6) is 5.88 Å². The summed E-state index contributed by atoms with van der Waals surface area (Å²) in [4.78, 5) is 62.7. The molecular formula is C44H42ClF3N6O7S. The summed E-state index contributed by atoms with van der Waals surface area (Å²) >= 11 is 6.14. The van der Waals surface area contributed by atoms with E-state index in [2.05, 4.69) is 24.7 Å². The van der Waals surface area contributed by atoms with Crippen LogP contribution in [-0.2, 0) is 37.0 Å². The molecule has 0 radical (unpaired) electrons. The van der Waals surface area contributed by atoms with Crippen molar-refractivity contribution < 1.29 is 45.1 Å². The SMILES string of the molecule is O=C1C[C@]2(C(=O)NS(=O)(=O)C3CC3)C[C@@H]2/C=C\CCCCC[C@H](Cc2ccnc(Cl)n2)C(=O)N2C[C@H](Oc3nc(-c4ccc(C(F)(F)F)cc4)nc4c3oc3ccccc34)C[C@@H]12. The Labute approximate surface area is 359 Å². The van der Waals surface area contributed by atoms with Crippen LogP contribution in [-0.4, -0.2) is 74.8 Å². The van der Waals surface area contributed by atoms with Gasteiger partial charge in [0.2, 0.25) is 32.7 Å². The molecule has 1 N–H and O–H groups in total. The van der Waals surface area contributed by atoms with Gasteiger partial charge >= 0.3 is 6.18 Å². The van der Waals surface area contributed by atoms with Crippen LogP contribution in [0.1, 0.15) is 75.5 Å². The van der Waals surface area contributed by atoms with Crippen LogP contribution in [0.25, 0.3) is 33.5 Å². The van der Waals surface area contributed by atoms with E-state index >= 15 is 0 Å². The number of sulfonamides is 1. The summed E-state index contributed by atoms with van der Waals surface area (Å²) in [6.07, 6.45) is 4.66. The molecule has 5 atom stereocenters. The third kappa shape index (κ3) is 8.52. The first kappa shape index (κ1) is 41.9. The standard InChI is InChI=1S/C44H42ClF3N6O7S/c45-42-49-19-18-29(50-42)20-26-8-4-2-1-3-5-9-28-22-43(28,41(57)53-62(58,59)31-16-17-31)23-34(55)33-21-30(24-54(33)40(26)56)60-39-37-36(32-10-6-7-11-35(32)61-37)51-38(52-39)25-12-14-27(15-13-25)44(46,47)48/h5-7,9-15,18-19,26,28,30-31,33H,1-4,8,16-17,20-24H2,(H,53,57)/b9-5-/t26-,28+,30-,33+,43-/m1/s1. The van der Waals surface area contributed by atoms with Gasteiger partial charge < -0.3 is 14.1 Å². The lowest BCUT2D eigenvalue weighted by Gasteiger charge is -2.29. The third-order valence-corrected chi connectivity index (χ3v) is 14.4. The molecule has 2 saturated carbocycles. The number of alkyl halides is 3. The molecule has 0 spiro atoms. The summed E-state index contributed by atoms with van der Waals surface area (Å²) in [7, 11) is -3.91. The molecule has 2 aromatic carbocycles. The number of fused-ring (bicyclic) bond motifs is 5. The molecular weight excluding hydrogens is 849 g/mol. The highest BCUT2D eigenvalue weighted by molar-refractivity contribution is 7.90. The predicted octanol–water partition coefficient (Wildman–Crippen LogP) is 7.81. The molecule has 5 heterocycles. The van der Waals surface area contributed by atoms with Crippen molar-refractivity contribution >= 4 is 61.3 Å². The number of allylic oxidation sites excluding steroid dienone is 2. The van der Waals surface area contributed by atoms with E-state index in [9.17, 15) is 36.0 Å². The van der Waals surface area contributed by atoms with E-state index in [1.54, 1.807) is 30.3 Å². The number of rotatable bonds is 8. The molecule has 3 fully saturated rings. The molecule has 18 heteroatoms. The zero-order chi connectivity index (χ0) is 43.4. The van der Waals surface area contributed by atoms with Gasteiger partial charge in [0.05, 0.1) is 28.8 Å². The topological polar surface area (TPSA) is 175 Å². The van der Waals surface area contributed by atoms with E-state index in [4.69, 9.17) is 20.8 Å². The smallest absolute Gasteiger partial charge is 0.416 e. The van der Waals surface area contributed by atoms with Gasteiger partial charge in [-0.25, -0.2) is 23.4 Å². The second-order valence-corrected chi connectivity index (χ2v) is 19.1. The first-order valence-electron chi connectivity index (χ1n) is 20.8. The zero-order valence-electron chi connectivity index (χ0n) is 33.3. The summed E-state index contributed by atoms with van der Waals surface area (Å²) in [5.74, 6) is -2.40. The van der Waals surface area contributed by atoms with Gasteiger partial charge in [-0.2, -0.15) is 18.2 Å². The number of carbonyl (C=O) groups excluding carboxylic acids is 3. The summed E-state index contributed by atoms with van der Waals surface area (Å²) in [5.41, 5.74) is -0.333. The molecule has 2 aliphatic carbocycles. The van der Waals surface area contributed by atoms with Gasteiger partial charge in [-0.3, -0.25) is 19.1 Å². The van der Waals surface area contributed by atoms with Crippen LogP contribution in [0.15, 0.2) is 77.4 Å². The Morgan fingerprint density at radius 2 is 1.79 bits per heavy atom. The van der Waals surface area contributed by atoms with Crippen LogP contribution in [0.4, 0.5) is 13.2 Å². The molecule has 324 valence electrons. The number of halogens is 4. The van der Waals surface area contributed by atoms with Crippen LogP contribution in [0.2, 0.25) is 5.28 Å². The Balaban J connectivity index is 1.07. The molecule has 4 aliphatic rings. The Morgan fingerprint density at radius 1 is 1.00 bits per heavy atom. The minimum atomic E-state index is -4.55. The molecule has 9 rings (SSSR count). The first-order valence-corrected chi connectivity index (χ1v) is 22.7. The van der Waals surface area contributed by atoms with Crippen LogP contribution >= 0.6 is 11.6 Å². The summed E-state index contributed by atoms with van der Waals surface area (Å²) in [6, 6.07) is 12.1. The molecule has 62 heavy (non-hydrogen) atoms. The van der Waals surface area contributed by atoms with Crippen molar-refractivity contribution in [2.75, 3.05) is 6.54 Å². The maximum absolute atomic E-state index is 14.9. The molecule has 2 amide bonds. The van der Waals surface area contributed by atoms with E-state index in [1.807, 2.05) is 12.2 Å². The largest absolute Gasteiger partial charge is 0.470 e. The second kappa shape index (κ2) is 16.4. The maximum atomic E-state index is 14.9. The van der Waals surface area contributed by atoms with Crippen LogP contribution in [0, 0.1) is 17.3 Å². The molecule has 5 aromatic rings. The van der Waals surface area contributed by atoms with Crippen molar-refractivity contribution in [3.8, 4) is 17.3 Å². The molecule has 1 saturated heterocycles. The van der Waals surface area contributed by atoms with Gasteiger partial charge in [-0.15, -0.1) is 0 Å². The number of ketones is 1. The lowest BCUT2D eigenvalue weighted by molar-refractivity contribution is -0.142. The highest BCUT2D eigenvalue weighted by Crippen LogP contribution is 2.57. The molecule has 3 aromatic heterocycles. The number of aromatic nitrogens is 4.